The summed E-state index contributed by atoms with van der Waals surface area (Å²) in [6.45, 7) is 3.49. The van der Waals surface area contributed by atoms with Crippen LogP contribution in [0.3, 0.4) is 0 Å². The van der Waals surface area contributed by atoms with E-state index in [0.717, 1.165) is 0 Å². The van der Waals surface area contributed by atoms with Crippen LogP contribution in [0.5, 0.6) is 5.75 Å². The summed E-state index contributed by atoms with van der Waals surface area (Å²) in [7, 11) is 0. The molecule has 1 aliphatic rings. The minimum absolute atomic E-state index is 0.361. The highest BCUT2D eigenvalue weighted by Crippen LogP contribution is 2.40. The van der Waals surface area contributed by atoms with Crippen molar-refractivity contribution in [1.82, 2.24) is 5.32 Å². The molecule has 0 fully saturated rings. The van der Waals surface area contributed by atoms with E-state index in [-0.39, 0.29) is 5.91 Å². The third-order valence-electron chi connectivity index (χ3n) is 3.94. The van der Waals surface area contributed by atoms with E-state index in [1.54, 1.807) is 38.1 Å². The number of furan rings is 1. The first-order chi connectivity index (χ1) is 10.9. The van der Waals surface area contributed by atoms with Crippen LogP contribution < -0.4 is 10.1 Å². The molecule has 6 nitrogen and oxygen atoms in total. The Labute approximate surface area is 133 Å². The van der Waals surface area contributed by atoms with Gasteiger partial charge in [-0.2, -0.15) is 5.26 Å². The van der Waals surface area contributed by atoms with Gasteiger partial charge in [-0.3, -0.25) is 4.79 Å². The number of carbonyl (C=O) groups is 1. The van der Waals surface area contributed by atoms with Gasteiger partial charge < -0.3 is 19.6 Å². The Kier molecular flexibility index (Phi) is 3.58. The molecule has 1 aromatic heterocycles. The van der Waals surface area contributed by atoms with Crippen LogP contribution in [0.4, 0.5) is 0 Å². The fourth-order valence-corrected chi connectivity index (χ4v) is 2.64. The second kappa shape index (κ2) is 5.45. The van der Waals surface area contributed by atoms with Crippen molar-refractivity contribution < 1.29 is 19.1 Å². The van der Waals surface area contributed by atoms with Crippen molar-refractivity contribution >= 4 is 5.91 Å². The van der Waals surface area contributed by atoms with E-state index in [1.807, 2.05) is 6.07 Å². The van der Waals surface area contributed by atoms with E-state index >= 15 is 0 Å². The summed E-state index contributed by atoms with van der Waals surface area (Å²) >= 11 is 0. The van der Waals surface area contributed by atoms with Crippen LogP contribution >= 0.6 is 0 Å². The van der Waals surface area contributed by atoms with Crippen LogP contribution in [0, 0.1) is 11.3 Å². The van der Waals surface area contributed by atoms with E-state index in [0.29, 0.717) is 22.4 Å². The van der Waals surface area contributed by atoms with Gasteiger partial charge in [0.15, 0.2) is 0 Å². The fourth-order valence-electron chi connectivity index (χ4n) is 2.64. The predicted octanol–water partition coefficient (Wildman–Crippen LogP) is 2.15. The summed E-state index contributed by atoms with van der Waals surface area (Å²) in [4.78, 5) is 12.3. The van der Waals surface area contributed by atoms with Crippen LogP contribution in [-0.2, 0) is 0 Å². The van der Waals surface area contributed by atoms with Gasteiger partial charge >= 0.3 is 0 Å². The third kappa shape index (κ3) is 2.67. The molecule has 118 valence electrons. The highest BCUT2D eigenvalue weighted by atomic mass is 16.5. The molecule has 2 aromatic rings. The maximum Gasteiger partial charge on any atom is 0.255 e. The van der Waals surface area contributed by atoms with Crippen LogP contribution in [0.15, 0.2) is 41.2 Å². The van der Waals surface area contributed by atoms with Gasteiger partial charge in [0.2, 0.25) is 0 Å². The fraction of sp³-hybridized carbons (Fsp3) is 0.294. The number of nitrogens with one attached hydrogen (secondary N) is 1. The van der Waals surface area contributed by atoms with E-state index in [9.17, 15) is 9.90 Å². The first-order valence-electron chi connectivity index (χ1n) is 7.16. The summed E-state index contributed by atoms with van der Waals surface area (Å²) < 4.78 is 10.7. The highest BCUT2D eigenvalue weighted by Gasteiger charge is 2.43. The van der Waals surface area contributed by atoms with Gasteiger partial charge in [0.1, 0.15) is 23.7 Å². The maximum atomic E-state index is 12.3. The van der Waals surface area contributed by atoms with Crippen LogP contribution in [0.25, 0.3) is 0 Å². The molecule has 3 rings (SSSR count). The number of rotatable bonds is 2. The SMILES string of the molecule is CC1(C)Oc2ccc(C#N)cc2[C@H](NC(=O)c2ccoc2)[C@H]1O. The number of nitriles is 1. The van der Waals surface area contributed by atoms with Crippen LogP contribution in [-0.4, -0.2) is 22.7 Å². The summed E-state index contributed by atoms with van der Waals surface area (Å²) in [5, 5.41) is 22.5. The van der Waals surface area contributed by atoms with E-state index in [2.05, 4.69) is 5.32 Å². The lowest BCUT2D eigenvalue weighted by Gasteiger charge is -2.42. The summed E-state index contributed by atoms with van der Waals surface area (Å²) in [6.07, 6.45) is 1.76. The zero-order chi connectivity index (χ0) is 16.6. The lowest BCUT2D eigenvalue weighted by molar-refractivity contribution is -0.0627. The van der Waals surface area contributed by atoms with Crippen molar-refractivity contribution in [2.45, 2.75) is 31.6 Å². The second-order valence-corrected chi connectivity index (χ2v) is 5.98. The Bertz CT molecular complexity index is 774. The summed E-state index contributed by atoms with van der Waals surface area (Å²) in [5.41, 5.74) is 0.490. The largest absolute Gasteiger partial charge is 0.485 e. The van der Waals surface area contributed by atoms with E-state index in [4.69, 9.17) is 14.4 Å². The van der Waals surface area contributed by atoms with Gasteiger partial charge in [0.05, 0.1) is 29.5 Å². The predicted molar refractivity (Wildman–Crippen MR) is 80.8 cm³/mol. The molecule has 23 heavy (non-hydrogen) atoms. The lowest BCUT2D eigenvalue weighted by atomic mass is 9.86. The molecule has 2 atom stereocenters. The van der Waals surface area contributed by atoms with Crippen molar-refractivity contribution in [1.29, 1.82) is 5.26 Å². The first kappa shape index (κ1) is 15.1. The minimum Gasteiger partial charge on any atom is -0.485 e. The maximum absolute atomic E-state index is 12.3. The van der Waals surface area contributed by atoms with Crippen molar-refractivity contribution in [3.05, 3.63) is 53.5 Å². The van der Waals surface area contributed by atoms with Gasteiger partial charge in [-0.25, -0.2) is 0 Å². The molecule has 0 saturated heterocycles. The van der Waals surface area contributed by atoms with Gasteiger partial charge in [-0.15, -0.1) is 0 Å². The van der Waals surface area contributed by atoms with Gasteiger partial charge in [-0.05, 0) is 38.1 Å². The second-order valence-electron chi connectivity index (χ2n) is 5.98. The topological polar surface area (TPSA) is 95.5 Å². The Balaban J connectivity index is 2.00. The minimum atomic E-state index is -0.972. The monoisotopic (exact) mass is 312 g/mol. The van der Waals surface area contributed by atoms with Crippen molar-refractivity contribution in [2.75, 3.05) is 0 Å². The lowest BCUT2D eigenvalue weighted by Crippen LogP contribution is -2.53. The number of nitrogens with zero attached hydrogens (tertiary/aromatic N) is 1. The molecule has 6 heteroatoms. The zero-order valence-electron chi connectivity index (χ0n) is 12.7. The smallest absolute Gasteiger partial charge is 0.255 e. The van der Waals surface area contributed by atoms with Gasteiger partial charge in [0.25, 0.3) is 5.91 Å². The number of amides is 1. The van der Waals surface area contributed by atoms with Gasteiger partial charge in [-0.1, -0.05) is 0 Å². The van der Waals surface area contributed by atoms with Crippen molar-refractivity contribution in [3.8, 4) is 11.8 Å². The summed E-state index contributed by atoms with van der Waals surface area (Å²) in [6, 6.07) is 7.84. The Morgan fingerprint density at radius 1 is 1.39 bits per heavy atom. The number of hydrogen-bond acceptors (Lipinski definition) is 5. The molecule has 0 spiro atoms. The first-order valence-corrected chi connectivity index (χ1v) is 7.16. The van der Waals surface area contributed by atoms with E-state index in [1.165, 1.54) is 12.5 Å². The molecule has 0 saturated carbocycles. The molecule has 1 aliphatic heterocycles. The average molecular weight is 312 g/mol. The zero-order valence-corrected chi connectivity index (χ0v) is 12.7. The number of carbonyl (C=O) groups excluding carboxylic acids is 1. The number of aliphatic hydroxyl groups is 1. The molecule has 2 N–H and O–H groups in total. The Hall–Kier alpha value is -2.78. The van der Waals surface area contributed by atoms with E-state index < -0.39 is 17.7 Å². The molecule has 2 heterocycles. The molecule has 0 aliphatic carbocycles. The van der Waals surface area contributed by atoms with Crippen LogP contribution in [0.1, 0.15) is 41.4 Å². The third-order valence-corrected chi connectivity index (χ3v) is 3.94. The Morgan fingerprint density at radius 3 is 2.83 bits per heavy atom. The molecule has 0 bridgehead atoms. The molecule has 0 radical (unpaired) electrons. The molecular weight excluding hydrogens is 296 g/mol. The van der Waals surface area contributed by atoms with Gasteiger partial charge in [0, 0.05) is 5.56 Å². The Morgan fingerprint density at radius 2 is 2.17 bits per heavy atom. The summed E-state index contributed by atoms with van der Waals surface area (Å²) in [5.74, 6) is 0.172. The highest BCUT2D eigenvalue weighted by molar-refractivity contribution is 5.94. The molecular formula is C17H16N2O4. The van der Waals surface area contributed by atoms with Crippen LogP contribution in [0.2, 0.25) is 0 Å². The molecule has 1 aromatic carbocycles. The average Bonchev–Trinajstić information content (AvgIpc) is 3.05. The quantitative estimate of drug-likeness (QED) is 0.886. The van der Waals surface area contributed by atoms with Crippen molar-refractivity contribution in [3.63, 3.8) is 0 Å². The number of benzene rings is 1. The molecule has 1 amide bonds. The number of hydrogen-bond donors (Lipinski definition) is 2. The standard InChI is InChI=1S/C17H16N2O4/c1-17(2)15(20)14(19-16(21)11-5-6-22-9-11)12-7-10(8-18)3-4-13(12)23-17/h3-7,9,14-15,20H,1-2H3,(H,19,21)/t14-,15+/m0/s1. The normalized spacial score (nSPS) is 21.7. The van der Waals surface area contributed by atoms with Crippen molar-refractivity contribution in [2.24, 2.45) is 0 Å². The number of ether oxygens (including phenoxy) is 1. The number of fused-ring (bicyclic) bond motifs is 1. The molecule has 0 unspecified atom stereocenters. The number of aliphatic hydroxyl groups excluding tert-OH is 1.